The molecule has 2 aromatic rings. The lowest BCUT2D eigenvalue weighted by atomic mass is 10.0. The summed E-state index contributed by atoms with van der Waals surface area (Å²) in [6, 6.07) is 3.68. The minimum atomic E-state index is -0.470. The van der Waals surface area contributed by atoms with E-state index < -0.39 is 5.60 Å². The van der Waals surface area contributed by atoms with Crippen LogP contribution in [0.1, 0.15) is 36.7 Å². The van der Waals surface area contributed by atoms with Crippen molar-refractivity contribution in [2.45, 2.75) is 39.8 Å². The number of nitrogens with one attached hydrogen (secondary N) is 1. The van der Waals surface area contributed by atoms with Crippen LogP contribution in [0.4, 0.5) is 4.79 Å². The number of rotatable bonds is 3. The third kappa shape index (κ3) is 3.66. The zero-order chi connectivity index (χ0) is 19.1. The van der Waals surface area contributed by atoms with Crippen LogP contribution < -0.4 is 5.32 Å². The maximum absolute atomic E-state index is 12.0. The number of likely N-dealkylation sites (tertiary alicyclic amines) is 1. The largest absolute Gasteiger partial charge is 0.444 e. The highest BCUT2D eigenvalue weighted by Gasteiger charge is 2.34. The van der Waals surface area contributed by atoms with E-state index in [0.29, 0.717) is 24.6 Å². The molecule has 1 aromatic carbocycles. The van der Waals surface area contributed by atoms with Crippen molar-refractivity contribution in [1.29, 1.82) is 0 Å². The summed E-state index contributed by atoms with van der Waals surface area (Å²) in [6.45, 7) is 9.63. The number of nitrogens with zero attached hydrogens (tertiary/aromatic N) is 3. The lowest BCUT2D eigenvalue weighted by Gasteiger charge is -2.39. The molecule has 0 aliphatic carbocycles. The molecule has 1 aliphatic rings. The van der Waals surface area contributed by atoms with Crippen molar-refractivity contribution in [3.8, 4) is 0 Å². The smallest absolute Gasteiger partial charge is 0.410 e. The molecule has 7 heteroatoms. The molecule has 0 bridgehead atoms. The predicted octanol–water partition coefficient (Wildman–Crippen LogP) is 2.57. The Labute approximate surface area is 153 Å². The fourth-order valence-corrected chi connectivity index (χ4v) is 3.18. The van der Waals surface area contributed by atoms with E-state index >= 15 is 0 Å². The second-order valence-electron chi connectivity index (χ2n) is 7.85. The Balaban J connectivity index is 1.65. The van der Waals surface area contributed by atoms with E-state index in [0.717, 1.165) is 23.0 Å². The van der Waals surface area contributed by atoms with Crippen molar-refractivity contribution in [3.05, 3.63) is 29.5 Å². The first-order valence-electron chi connectivity index (χ1n) is 8.84. The zero-order valence-electron chi connectivity index (χ0n) is 16.0. The van der Waals surface area contributed by atoms with Crippen LogP contribution >= 0.6 is 0 Å². The Morgan fingerprint density at radius 2 is 2.00 bits per heavy atom. The van der Waals surface area contributed by atoms with Crippen LogP contribution in [0.25, 0.3) is 10.9 Å². The van der Waals surface area contributed by atoms with Gasteiger partial charge < -0.3 is 15.0 Å². The number of amides is 2. The van der Waals surface area contributed by atoms with Gasteiger partial charge in [-0.2, -0.15) is 5.10 Å². The van der Waals surface area contributed by atoms with Crippen LogP contribution in [-0.4, -0.2) is 52.4 Å². The molecule has 7 nitrogen and oxygen atoms in total. The van der Waals surface area contributed by atoms with Crippen molar-refractivity contribution in [3.63, 3.8) is 0 Å². The quantitative estimate of drug-likeness (QED) is 0.915. The number of carbonyl (C=O) groups excluding carboxylic acids is 2. The molecule has 1 N–H and O–H groups in total. The normalized spacial score (nSPS) is 15.0. The van der Waals surface area contributed by atoms with Gasteiger partial charge in [-0.05, 0) is 45.4 Å². The number of aryl methyl sites for hydroxylation is 1. The number of carbonyl (C=O) groups is 2. The summed E-state index contributed by atoms with van der Waals surface area (Å²) in [5.74, 6) is 0.264. The van der Waals surface area contributed by atoms with Gasteiger partial charge in [-0.15, -0.1) is 0 Å². The molecule has 3 rings (SSSR count). The third-order valence-electron chi connectivity index (χ3n) is 4.53. The number of hydrogen-bond acceptors (Lipinski definition) is 4. The highest BCUT2D eigenvalue weighted by Crippen LogP contribution is 2.24. The van der Waals surface area contributed by atoms with E-state index in [1.54, 1.807) is 18.0 Å². The van der Waals surface area contributed by atoms with Crippen LogP contribution in [0.3, 0.4) is 0 Å². The highest BCUT2D eigenvalue weighted by molar-refractivity contribution is 6.00. The first-order valence-corrected chi connectivity index (χ1v) is 8.84. The second kappa shape index (κ2) is 6.63. The summed E-state index contributed by atoms with van der Waals surface area (Å²) in [6.07, 6.45) is 1.72. The number of hydrogen-bond donors (Lipinski definition) is 1. The number of fused-ring (bicyclic) bond motifs is 1. The molecule has 0 atom stereocenters. The Hall–Kier alpha value is -2.57. The zero-order valence-corrected chi connectivity index (χ0v) is 16.0. The van der Waals surface area contributed by atoms with Crippen molar-refractivity contribution in [2.24, 2.45) is 5.92 Å². The van der Waals surface area contributed by atoms with Crippen LogP contribution in [0, 0.1) is 12.8 Å². The van der Waals surface area contributed by atoms with E-state index in [2.05, 4.69) is 10.4 Å². The van der Waals surface area contributed by atoms with Gasteiger partial charge in [0.15, 0.2) is 0 Å². The summed E-state index contributed by atoms with van der Waals surface area (Å²) in [5, 5.41) is 8.24. The number of aromatic nitrogens is 2. The summed E-state index contributed by atoms with van der Waals surface area (Å²) < 4.78 is 7.28. The van der Waals surface area contributed by atoms with E-state index in [1.807, 2.05) is 44.6 Å². The van der Waals surface area contributed by atoms with Gasteiger partial charge in [0.05, 0.1) is 5.52 Å². The van der Waals surface area contributed by atoms with E-state index in [1.165, 1.54) is 0 Å². The van der Waals surface area contributed by atoms with Crippen LogP contribution in [0.5, 0.6) is 0 Å². The van der Waals surface area contributed by atoms with Crippen molar-refractivity contribution < 1.29 is 14.3 Å². The summed E-state index contributed by atoms with van der Waals surface area (Å²) in [4.78, 5) is 25.6. The molecular weight excluding hydrogens is 332 g/mol. The molecule has 0 saturated carbocycles. The van der Waals surface area contributed by atoms with Crippen LogP contribution in [0.15, 0.2) is 18.3 Å². The molecule has 26 heavy (non-hydrogen) atoms. The first kappa shape index (κ1) is 18.2. The maximum atomic E-state index is 12.0. The lowest BCUT2D eigenvalue weighted by molar-refractivity contribution is -0.00381. The molecular formula is C19H26N4O3. The molecule has 1 aromatic heterocycles. The van der Waals surface area contributed by atoms with Gasteiger partial charge >= 0.3 is 6.09 Å². The van der Waals surface area contributed by atoms with Crippen molar-refractivity contribution in [1.82, 2.24) is 20.0 Å². The SMILES string of the molecule is CNC(=O)c1ccc2nn(CC3CN(C(=O)OC(C)(C)C)C3)cc2c1C. The van der Waals surface area contributed by atoms with Gasteiger partial charge in [-0.25, -0.2) is 4.79 Å². The molecule has 1 aliphatic heterocycles. The van der Waals surface area contributed by atoms with E-state index in [9.17, 15) is 9.59 Å². The van der Waals surface area contributed by atoms with Gasteiger partial charge in [0, 0.05) is 49.7 Å². The molecule has 140 valence electrons. The molecule has 0 unspecified atom stereocenters. The molecule has 2 amide bonds. The second-order valence-corrected chi connectivity index (χ2v) is 7.85. The van der Waals surface area contributed by atoms with Crippen LogP contribution in [0.2, 0.25) is 0 Å². The summed E-state index contributed by atoms with van der Waals surface area (Å²) >= 11 is 0. The van der Waals surface area contributed by atoms with Crippen molar-refractivity contribution in [2.75, 3.05) is 20.1 Å². The topological polar surface area (TPSA) is 76.5 Å². The molecule has 1 fully saturated rings. The monoisotopic (exact) mass is 358 g/mol. The predicted molar refractivity (Wildman–Crippen MR) is 99.2 cm³/mol. The fraction of sp³-hybridized carbons (Fsp3) is 0.526. The summed E-state index contributed by atoms with van der Waals surface area (Å²) in [7, 11) is 1.63. The van der Waals surface area contributed by atoms with Crippen molar-refractivity contribution >= 4 is 22.9 Å². The maximum Gasteiger partial charge on any atom is 0.410 e. The standard InChI is InChI=1S/C19H26N4O3/c1-12-14(17(24)20-5)6-7-16-15(12)11-23(21-16)10-13-8-22(9-13)18(25)26-19(2,3)4/h6-7,11,13H,8-10H2,1-5H3,(H,20,24). The number of benzene rings is 1. The minimum Gasteiger partial charge on any atom is -0.444 e. The average molecular weight is 358 g/mol. The fourth-order valence-electron chi connectivity index (χ4n) is 3.18. The van der Waals surface area contributed by atoms with Gasteiger partial charge in [-0.1, -0.05) is 0 Å². The number of ether oxygens (including phenoxy) is 1. The molecule has 1 saturated heterocycles. The van der Waals surface area contributed by atoms with Gasteiger partial charge in [0.1, 0.15) is 5.60 Å². The Kier molecular flexibility index (Phi) is 4.64. The Morgan fingerprint density at radius 3 is 2.62 bits per heavy atom. The van der Waals surface area contributed by atoms with E-state index in [-0.39, 0.29) is 12.0 Å². The lowest BCUT2D eigenvalue weighted by Crippen LogP contribution is -2.52. The minimum absolute atomic E-state index is 0.0934. The van der Waals surface area contributed by atoms with Gasteiger partial charge in [0.2, 0.25) is 0 Å². The van der Waals surface area contributed by atoms with Gasteiger partial charge in [-0.3, -0.25) is 9.48 Å². The first-order chi connectivity index (χ1) is 12.2. The molecule has 0 spiro atoms. The molecule has 0 radical (unpaired) electrons. The summed E-state index contributed by atoms with van der Waals surface area (Å²) in [5.41, 5.74) is 2.00. The highest BCUT2D eigenvalue weighted by atomic mass is 16.6. The van der Waals surface area contributed by atoms with E-state index in [4.69, 9.17) is 4.74 Å². The Bertz CT molecular complexity index is 844. The molecule has 2 heterocycles. The van der Waals surface area contributed by atoms with Gasteiger partial charge in [0.25, 0.3) is 5.91 Å². The average Bonchev–Trinajstić information content (AvgIpc) is 2.92. The Morgan fingerprint density at radius 1 is 1.31 bits per heavy atom. The third-order valence-corrected chi connectivity index (χ3v) is 4.53. The van der Waals surface area contributed by atoms with Crippen LogP contribution in [-0.2, 0) is 11.3 Å².